The van der Waals surface area contributed by atoms with Gasteiger partial charge in [0, 0.05) is 32.8 Å². The maximum absolute atomic E-state index is 14.4. The molecule has 4 aromatic rings. The number of carboxylic acid groups (broad SMARTS) is 1. The maximum Gasteiger partial charge on any atom is 1.00 e. The number of benzene rings is 3. The molecule has 1 aromatic heterocycles. The summed E-state index contributed by atoms with van der Waals surface area (Å²) >= 11 is 7.76. The molecular formula is C35H34ClFNNaO3S. The molecule has 1 aliphatic rings. The number of aliphatic hydroxyl groups is 1. The van der Waals surface area contributed by atoms with Crippen LogP contribution in [0.2, 0.25) is 5.02 Å². The topological polar surface area (TPSA) is 73.2 Å². The van der Waals surface area contributed by atoms with Crippen LogP contribution in [0.15, 0.2) is 78.9 Å². The van der Waals surface area contributed by atoms with Gasteiger partial charge in [-0.15, -0.1) is 0 Å². The van der Waals surface area contributed by atoms with E-state index in [1.165, 1.54) is 0 Å². The fraction of sp³-hybridized carbons (Fsp3) is 0.314. The normalized spacial score (nSPS) is 18.9. The van der Waals surface area contributed by atoms with Gasteiger partial charge in [0.2, 0.25) is 0 Å². The number of hydrogen-bond donors (Lipinski definition) is 1. The summed E-state index contributed by atoms with van der Waals surface area (Å²) in [5, 5.41) is 23.7. The molecule has 0 aliphatic heterocycles. The molecule has 0 unspecified atom stereocenters. The number of carbonyl (C=O) groups is 1. The predicted octanol–water partition coefficient (Wildman–Crippen LogP) is 4.57. The van der Waals surface area contributed by atoms with Crippen molar-refractivity contribution in [1.82, 2.24) is 4.98 Å². The second kappa shape index (κ2) is 14.3. The van der Waals surface area contributed by atoms with Gasteiger partial charge < -0.3 is 15.0 Å². The van der Waals surface area contributed by atoms with E-state index in [-0.39, 0.29) is 47.6 Å². The molecule has 1 aliphatic carbocycles. The first kappa shape index (κ1) is 33.7. The number of fused-ring (bicyclic) bond motifs is 1. The van der Waals surface area contributed by atoms with Gasteiger partial charge in [-0.1, -0.05) is 78.3 Å². The third kappa shape index (κ3) is 8.72. The Morgan fingerprint density at radius 1 is 1.14 bits per heavy atom. The van der Waals surface area contributed by atoms with E-state index in [1.54, 1.807) is 25.6 Å². The average molecular weight is 626 g/mol. The van der Waals surface area contributed by atoms with Gasteiger partial charge in [-0.2, -0.15) is 11.8 Å². The van der Waals surface area contributed by atoms with Gasteiger partial charge in [-0.05, 0) is 86.1 Å². The minimum absolute atomic E-state index is 0. The molecule has 5 rings (SSSR count). The van der Waals surface area contributed by atoms with Gasteiger partial charge in [0.15, 0.2) is 0 Å². The van der Waals surface area contributed by atoms with Crippen molar-refractivity contribution in [3.8, 4) is 0 Å². The number of halogens is 2. The van der Waals surface area contributed by atoms with Gasteiger partial charge in [0.05, 0.1) is 16.8 Å². The largest absolute Gasteiger partial charge is 1.00 e. The Bertz CT molecular complexity index is 1620. The average Bonchev–Trinajstić information content (AvgIpc) is 3.58. The Morgan fingerprint density at radius 2 is 1.88 bits per heavy atom. The predicted molar refractivity (Wildman–Crippen MR) is 169 cm³/mol. The van der Waals surface area contributed by atoms with Crippen molar-refractivity contribution in [1.29, 1.82) is 0 Å². The molecule has 0 saturated heterocycles. The van der Waals surface area contributed by atoms with Gasteiger partial charge in [0.25, 0.3) is 0 Å². The molecule has 3 atom stereocenters. The molecule has 0 radical (unpaired) electrons. The SMILES string of the molecule is CC(C)(O)c1ccccc1CC[C@@H](SC[C@@]1(CC(=O)[O-])C[C@H]1F)c1cccc(/C=C/c2ccc3ccc(Cl)cc3n2)c1.[Na+]. The van der Waals surface area contributed by atoms with Crippen LogP contribution in [0.25, 0.3) is 23.1 Å². The van der Waals surface area contributed by atoms with Gasteiger partial charge in [-0.3, -0.25) is 0 Å². The fourth-order valence-corrected chi connectivity index (χ4v) is 7.17. The minimum Gasteiger partial charge on any atom is -0.550 e. The molecule has 3 aromatic carbocycles. The van der Waals surface area contributed by atoms with E-state index in [1.807, 2.05) is 78.9 Å². The van der Waals surface area contributed by atoms with Crippen LogP contribution >= 0.6 is 23.4 Å². The van der Waals surface area contributed by atoms with Crippen LogP contribution in [-0.2, 0) is 16.8 Å². The van der Waals surface area contributed by atoms with Crippen molar-refractivity contribution in [2.24, 2.45) is 5.41 Å². The van der Waals surface area contributed by atoms with Crippen LogP contribution in [-0.4, -0.2) is 28.0 Å². The summed E-state index contributed by atoms with van der Waals surface area (Å²) in [6.07, 6.45) is 4.33. The standard InChI is InChI=1S/C35H35ClFNO3S.Na/c1-34(2,41)29-9-4-3-7-24(29)13-17-31(42-22-35(20-32(35)37)21-33(39)40)26-8-5-6-23(18-26)10-15-28-16-12-25-11-14-27(36)19-30(25)38-28;/h3-12,14-16,18-19,31-32,41H,13,17,20-22H2,1-2H3,(H,39,40);/q;+1/p-1/b15-10+;/t31-,32-,35+;/m1./s1. The summed E-state index contributed by atoms with van der Waals surface area (Å²) in [4.78, 5) is 16.1. The van der Waals surface area contributed by atoms with Crippen molar-refractivity contribution in [2.75, 3.05) is 5.75 Å². The zero-order valence-corrected chi connectivity index (χ0v) is 28.3. The van der Waals surface area contributed by atoms with Crippen LogP contribution in [0.3, 0.4) is 0 Å². The van der Waals surface area contributed by atoms with Crippen LogP contribution < -0.4 is 34.7 Å². The number of nitrogens with zero attached hydrogens (tertiary/aromatic N) is 1. The molecule has 0 spiro atoms. The molecule has 1 heterocycles. The number of carboxylic acids is 1. The van der Waals surface area contributed by atoms with Gasteiger partial charge in [0.1, 0.15) is 6.17 Å². The number of alkyl halides is 1. The van der Waals surface area contributed by atoms with E-state index in [0.717, 1.165) is 45.3 Å². The second-order valence-electron chi connectivity index (χ2n) is 11.7. The third-order valence-electron chi connectivity index (χ3n) is 7.92. The summed E-state index contributed by atoms with van der Waals surface area (Å²) in [6, 6.07) is 25.7. The molecule has 4 nitrogen and oxygen atoms in total. The van der Waals surface area contributed by atoms with E-state index in [4.69, 9.17) is 16.6 Å². The first-order valence-electron chi connectivity index (χ1n) is 14.1. The monoisotopic (exact) mass is 625 g/mol. The first-order chi connectivity index (χ1) is 20.0. The van der Waals surface area contributed by atoms with Crippen LogP contribution in [0.5, 0.6) is 0 Å². The number of rotatable bonds is 12. The van der Waals surface area contributed by atoms with Crippen LogP contribution in [0, 0.1) is 5.41 Å². The zero-order valence-electron chi connectivity index (χ0n) is 24.7. The second-order valence-corrected chi connectivity index (χ2v) is 13.3. The van der Waals surface area contributed by atoms with E-state index in [2.05, 4.69) is 12.1 Å². The number of carbonyl (C=O) groups excluding carboxylic acids is 1. The number of aliphatic carboxylic acids is 1. The number of hydrogen-bond acceptors (Lipinski definition) is 5. The smallest absolute Gasteiger partial charge is 0.550 e. The van der Waals surface area contributed by atoms with Crippen molar-refractivity contribution in [2.45, 2.75) is 56.6 Å². The Hall–Kier alpha value is -2.19. The summed E-state index contributed by atoms with van der Waals surface area (Å²) in [5.41, 5.74) is 3.86. The Balaban J connectivity index is 0.00000423. The molecule has 218 valence electrons. The molecule has 43 heavy (non-hydrogen) atoms. The number of aromatic nitrogens is 1. The number of pyridine rings is 1. The van der Waals surface area contributed by atoms with Crippen molar-refractivity contribution >= 4 is 52.4 Å². The molecular weight excluding hydrogens is 592 g/mol. The number of aryl methyl sites for hydroxylation is 1. The molecule has 1 N–H and O–H groups in total. The molecule has 1 saturated carbocycles. The van der Waals surface area contributed by atoms with Crippen molar-refractivity contribution in [3.63, 3.8) is 0 Å². The van der Waals surface area contributed by atoms with Crippen LogP contribution in [0.4, 0.5) is 4.39 Å². The van der Waals surface area contributed by atoms with Crippen molar-refractivity contribution in [3.05, 3.63) is 112 Å². The summed E-state index contributed by atoms with van der Waals surface area (Å²) in [5.74, 6) is -0.799. The fourth-order valence-electron chi connectivity index (χ4n) is 5.45. The number of thioether (sulfide) groups is 1. The first-order valence-corrected chi connectivity index (χ1v) is 15.6. The van der Waals surface area contributed by atoms with Gasteiger partial charge in [-0.25, -0.2) is 9.37 Å². The Kier molecular flexibility index (Phi) is 11.2. The molecule has 1 fully saturated rings. The molecule has 0 amide bonds. The van der Waals surface area contributed by atoms with E-state index < -0.39 is 23.2 Å². The Labute approximate surface area is 284 Å². The van der Waals surface area contributed by atoms with E-state index in [9.17, 15) is 19.4 Å². The summed E-state index contributed by atoms with van der Waals surface area (Å²) < 4.78 is 14.4. The molecule has 8 heteroatoms. The summed E-state index contributed by atoms with van der Waals surface area (Å²) in [7, 11) is 0. The molecule has 0 bridgehead atoms. The van der Waals surface area contributed by atoms with E-state index >= 15 is 0 Å². The summed E-state index contributed by atoms with van der Waals surface area (Å²) in [6.45, 7) is 3.57. The van der Waals surface area contributed by atoms with Crippen LogP contribution in [0.1, 0.15) is 66.3 Å². The minimum atomic E-state index is -1.21. The van der Waals surface area contributed by atoms with E-state index in [0.29, 0.717) is 17.2 Å². The van der Waals surface area contributed by atoms with Crippen molar-refractivity contribution < 1.29 is 49.0 Å². The Morgan fingerprint density at radius 3 is 2.60 bits per heavy atom. The zero-order chi connectivity index (χ0) is 29.9. The quantitative estimate of drug-likeness (QED) is 0.234. The van der Waals surface area contributed by atoms with Gasteiger partial charge >= 0.3 is 29.6 Å². The maximum atomic E-state index is 14.4. The third-order valence-corrected chi connectivity index (χ3v) is 9.80.